The molecule has 0 saturated heterocycles. The van der Waals surface area contributed by atoms with Crippen LogP contribution in [0.15, 0.2) is 28.7 Å². The summed E-state index contributed by atoms with van der Waals surface area (Å²) in [6.45, 7) is 4.99. The zero-order chi connectivity index (χ0) is 20.1. The number of amides is 1. The molecule has 2 rings (SSSR count). The quantitative estimate of drug-likeness (QED) is 0.516. The molecule has 0 radical (unpaired) electrons. The second kappa shape index (κ2) is 8.99. The Morgan fingerprint density at radius 3 is 2.41 bits per heavy atom. The summed E-state index contributed by atoms with van der Waals surface area (Å²) in [4.78, 5) is 39.2. The molecular formula is C20H23BrN2O4. The first-order valence-corrected chi connectivity index (χ1v) is 9.36. The van der Waals surface area contributed by atoms with E-state index in [1.807, 2.05) is 31.2 Å². The maximum Gasteiger partial charge on any atom is 0.339 e. The van der Waals surface area contributed by atoms with E-state index in [0.29, 0.717) is 23.4 Å². The SMILES string of the molecule is COC(=O)c1c(CC(=O)NC(C)Cc2ccc(Br)cc2)[nH]c(C(C)=O)c1C. The Bertz CT molecular complexity index is 856. The van der Waals surface area contributed by atoms with E-state index in [4.69, 9.17) is 4.74 Å². The summed E-state index contributed by atoms with van der Waals surface area (Å²) in [7, 11) is 1.27. The number of ketones is 1. The summed E-state index contributed by atoms with van der Waals surface area (Å²) in [5.41, 5.74) is 2.56. The summed E-state index contributed by atoms with van der Waals surface area (Å²) < 4.78 is 5.80. The molecule has 2 aromatic rings. The first kappa shape index (κ1) is 20.9. The molecule has 0 aliphatic rings. The Hall–Kier alpha value is -2.41. The molecule has 1 aromatic heterocycles. The fourth-order valence-corrected chi connectivity index (χ4v) is 3.30. The average Bonchev–Trinajstić information content (AvgIpc) is 2.92. The number of methoxy groups -OCH3 is 1. The van der Waals surface area contributed by atoms with Gasteiger partial charge in [0.1, 0.15) is 0 Å². The molecule has 2 N–H and O–H groups in total. The van der Waals surface area contributed by atoms with Gasteiger partial charge in [0, 0.05) is 23.1 Å². The van der Waals surface area contributed by atoms with Crippen molar-refractivity contribution in [3.8, 4) is 0 Å². The second-order valence-electron chi connectivity index (χ2n) is 6.50. The largest absolute Gasteiger partial charge is 0.465 e. The lowest BCUT2D eigenvalue weighted by Gasteiger charge is -2.14. The van der Waals surface area contributed by atoms with Gasteiger partial charge in [0.25, 0.3) is 0 Å². The number of carbonyl (C=O) groups excluding carboxylic acids is 3. The van der Waals surface area contributed by atoms with Gasteiger partial charge < -0.3 is 15.0 Å². The van der Waals surface area contributed by atoms with Crippen LogP contribution in [0.25, 0.3) is 0 Å². The molecular weight excluding hydrogens is 412 g/mol. The molecule has 1 atom stereocenters. The highest BCUT2D eigenvalue weighted by Gasteiger charge is 2.24. The standard InChI is InChI=1S/C20H23BrN2O4/c1-11(9-14-5-7-15(21)8-6-14)22-17(25)10-16-18(20(26)27-4)12(2)19(23-16)13(3)24/h5-8,11,23H,9-10H2,1-4H3,(H,22,25). The molecule has 0 fully saturated rings. The van der Waals surface area contributed by atoms with Crippen LogP contribution in [0, 0.1) is 6.92 Å². The number of Topliss-reactive ketones (excluding diaryl/α,β-unsaturated/α-hetero) is 1. The number of aromatic amines is 1. The first-order valence-electron chi connectivity index (χ1n) is 8.57. The van der Waals surface area contributed by atoms with Crippen LogP contribution in [-0.4, -0.2) is 35.8 Å². The molecule has 1 heterocycles. The van der Waals surface area contributed by atoms with E-state index >= 15 is 0 Å². The number of carbonyl (C=O) groups is 3. The summed E-state index contributed by atoms with van der Waals surface area (Å²) in [5.74, 6) is -1.00. The van der Waals surface area contributed by atoms with Crippen molar-refractivity contribution in [1.82, 2.24) is 10.3 Å². The van der Waals surface area contributed by atoms with Gasteiger partial charge in [-0.15, -0.1) is 0 Å². The number of H-pyrrole nitrogens is 1. The topological polar surface area (TPSA) is 88.3 Å². The van der Waals surface area contributed by atoms with Crippen molar-refractivity contribution in [2.45, 2.75) is 39.7 Å². The van der Waals surface area contributed by atoms with Crippen LogP contribution in [0.4, 0.5) is 0 Å². The maximum atomic E-state index is 12.4. The van der Waals surface area contributed by atoms with E-state index in [0.717, 1.165) is 10.0 Å². The number of rotatable bonds is 7. The van der Waals surface area contributed by atoms with Gasteiger partial charge in [-0.1, -0.05) is 28.1 Å². The Balaban J connectivity index is 2.10. The van der Waals surface area contributed by atoms with Gasteiger partial charge in [-0.25, -0.2) is 4.79 Å². The van der Waals surface area contributed by atoms with Gasteiger partial charge >= 0.3 is 5.97 Å². The summed E-state index contributed by atoms with van der Waals surface area (Å²) in [6, 6.07) is 7.82. The molecule has 6 nitrogen and oxygen atoms in total. The molecule has 7 heteroatoms. The maximum absolute atomic E-state index is 12.4. The van der Waals surface area contributed by atoms with Crippen LogP contribution in [0.2, 0.25) is 0 Å². The van der Waals surface area contributed by atoms with Crippen molar-refractivity contribution in [3.05, 3.63) is 56.8 Å². The number of halogens is 1. The second-order valence-corrected chi connectivity index (χ2v) is 7.42. The van der Waals surface area contributed by atoms with Crippen molar-refractivity contribution in [3.63, 3.8) is 0 Å². The fraction of sp³-hybridized carbons (Fsp3) is 0.350. The third-order valence-corrected chi connectivity index (χ3v) is 4.80. The Labute approximate surface area is 166 Å². The number of nitrogens with one attached hydrogen (secondary N) is 2. The minimum atomic E-state index is -0.568. The van der Waals surface area contributed by atoms with Crippen LogP contribution < -0.4 is 5.32 Å². The molecule has 0 saturated carbocycles. The molecule has 0 aliphatic carbocycles. The molecule has 144 valence electrons. The Morgan fingerprint density at radius 2 is 1.85 bits per heavy atom. The van der Waals surface area contributed by atoms with Gasteiger partial charge in [-0.3, -0.25) is 9.59 Å². The molecule has 1 aromatic carbocycles. The van der Waals surface area contributed by atoms with Crippen molar-refractivity contribution >= 4 is 33.6 Å². The molecule has 27 heavy (non-hydrogen) atoms. The molecule has 1 amide bonds. The third-order valence-electron chi connectivity index (χ3n) is 4.27. The fourth-order valence-electron chi connectivity index (χ4n) is 3.03. The number of hydrogen-bond donors (Lipinski definition) is 2. The van der Waals surface area contributed by atoms with Crippen LogP contribution in [0.3, 0.4) is 0 Å². The third kappa shape index (κ3) is 5.29. The molecule has 1 unspecified atom stereocenters. The highest BCUT2D eigenvalue weighted by molar-refractivity contribution is 9.10. The highest BCUT2D eigenvalue weighted by atomic mass is 79.9. The van der Waals surface area contributed by atoms with Crippen molar-refractivity contribution in [2.75, 3.05) is 7.11 Å². The van der Waals surface area contributed by atoms with E-state index in [1.54, 1.807) is 6.92 Å². The lowest BCUT2D eigenvalue weighted by atomic mass is 10.1. The van der Waals surface area contributed by atoms with Crippen molar-refractivity contribution in [1.29, 1.82) is 0 Å². The average molecular weight is 435 g/mol. The Morgan fingerprint density at radius 1 is 1.22 bits per heavy atom. The van der Waals surface area contributed by atoms with Crippen molar-refractivity contribution < 1.29 is 19.1 Å². The zero-order valence-corrected chi connectivity index (χ0v) is 17.4. The van der Waals surface area contributed by atoms with Gasteiger partial charge in [-0.2, -0.15) is 0 Å². The number of ether oxygens (including phenoxy) is 1. The minimum Gasteiger partial charge on any atom is -0.465 e. The van der Waals surface area contributed by atoms with Crippen LogP contribution in [0.5, 0.6) is 0 Å². The lowest BCUT2D eigenvalue weighted by Crippen LogP contribution is -2.35. The molecule has 0 aliphatic heterocycles. The van der Waals surface area contributed by atoms with E-state index < -0.39 is 5.97 Å². The normalized spacial score (nSPS) is 11.7. The lowest BCUT2D eigenvalue weighted by molar-refractivity contribution is -0.121. The molecule has 0 bridgehead atoms. The van der Waals surface area contributed by atoms with Gasteiger partial charge in [0.2, 0.25) is 5.91 Å². The van der Waals surface area contributed by atoms with Gasteiger partial charge in [0.15, 0.2) is 5.78 Å². The van der Waals surface area contributed by atoms with E-state index in [1.165, 1.54) is 14.0 Å². The van der Waals surface area contributed by atoms with Crippen LogP contribution in [0.1, 0.15) is 51.5 Å². The smallest absolute Gasteiger partial charge is 0.339 e. The predicted molar refractivity (Wildman–Crippen MR) is 106 cm³/mol. The van der Waals surface area contributed by atoms with Gasteiger partial charge in [-0.05, 0) is 43.5 Å². The monoisotopic (exact) mass is 434 g/mol. The molecule has 0 spiro atoms. The van der Waals surface area contributed by atoms with Crippen LogP contribution in [-0.2, 0) is 22.4 Å². The summed E-state index contributed by atoms with van der Waals surface area (Å²) in [6.07, 6.45) is 0.647. The van der Waals surface area contributed by atoms with Crippen molar-refractivity contribution in [2.24, 2.45) is 0 Å². The number of hydrogen-bond acceptors (Lipinski definition) is 4. The van der Waals surface area contributed by atoms with Gasteiger partial charge in [0.05, 0.1) is 24.8 Å². The number of aromatic nitrogens is 1. The first-order chi connectivity index (χ1) is 12.7. The predicted octanol–water partition coefficient (Wildman–Crippen LogP) is 3.36. The number of benzene rings is 1. The van der Waals surface area contributed by atoms with E-state index in [-0.39, 0.29) is 29.7 Å². The number of esters is 1. The van der Waals surface area contributed by atoms with E-state index in [9.17, 15) is 14.4 Å². The summed E-state index contributed by atoms with van der Waals surface area (Å²) in [5, 5.41) is 2.93. The zero-order valence-electron chi connectivity index (χ0n) is 15.8. The van der Waals surface area contributed by atoms with Crippen LogP contribution >= 0.6 is 15.9 Å². The highest BCUT2D eigenvalue weighted by Crippen LogP contribution is 2.21. The van der Waals surface area contributed by atoms with E-state index in [2.05, 4.69) is 26.2 Å². The minimum absolute atomic E-state index is 0.0385. The summed E-state index contributed by atoms with van der Waals surface area (Å²) >= 11 is 3.40. The Kier molecular flexibility index (Phi) is 6.96.